The van der Waals surface area contributed by atoms with Gasteiger partial charge in [-0.3, -0.25) is 4.98 Å². The van der Waals surface area contributed by atoms with Crippen molar-refractivity contribution in [3.8, 4) is 55.6 Å². The van der Waals surface area contributed by atoms with E-state index in [9.17, 15) is 0 Å². The molecule has 0 aliphatic rings. The number of nitrogens with zero attached hydrogens (tertiary/aromatic N) is 2. The van der Waals surface area contributed by atoms with E-state index in [1.807, 2.05) is 15.2 Å². The summed E-state index contributed by atoms with van der Waals surface area (Å²) in [6, 6.07) is 52.9. The summed E-state index contributed by atoms with van der Waals surface area (Å²) in [7, 11) is 0. The highest BCUT2D eigenvalue weighted by Crippen LogP contribution is 2.45. The van der Waals surface area contributed by atoms with Crippen molar-refractivity contribution in [1.82, 2.24) is 4.98 Å². The SMILES string of the molecule is I[n+]1ccc(-c2cccc(-c3c4ccccc4c(-c4cccc(-c5ccncc5)c4)c4ccc(-c5ccccc5)cc34)c2)cc1. The van der Waals surface area contributed by atoms with Gasteiger partial charge in [0.1, 0.15) is 0 Å². The van der Waals surface area contributed by atoms with E-state index in [1.165, 1.54) is 71.6 Å². The van der Waals surface area contributed by atoms with Gasteiger partial charge in [-0.05, 0) is 108 Å². The minimum Gasteiger partial charge on any atom is -0.265 e. The van der Waals surface area contributed by atoms with Gasteiger partial charge in [0.25, 0.3) is 0 Å². The van der Waals surface area contributed by atoms with Crippen molar-refractivity contribution < 1.29 is 2.78 Å². The monoisotopic (exact) mass is 687 g/mol. The first-order chi connectivity index (χ1) is 22.2. The molecule has 8 rings (SSSR count). The fraction of sp³-hybridized carbons (Fsp3) is 0. The van der Waals surface area contributed by atoms with Crippen LogP contribution in [0.4, 0.5) is 0 Å². The Hall–Kier alpha value is -5.13. The minimum absolute atomic E-state index is 1.16. The van der Waals surface area contributed by atoms with Gasteiger partial charge < -0.3 is 0 Å². The molecular weight excluding hydrogens is 659 g/mol. The van der Waals surface area contributed by atoms with E-state index in [1.54, 1.807) is 0 Å². The average Bonchev–Trinajstić information content (AvgIpc) is 3.11. The summed E-state index contributed by atoms with van der Waals surface area (Å²) in [5.74, 6) is 0. The van der Waals surface area contributed by atoms with Crippen LogP contribution in [0.3, 0.4) is 0 Å². The first-order valence-corrected chi connectivity index (χ1v) is 16.0. The Kier molecular flexibility index (Phi) is 7.16. The predicted octanol–water partition coefficient (Wildman–Crippen LogP) is 11.2. The van der Waals surface area contributed by atoms with Crippen molar-refractivity contribution in [2.75, 3.05) is 0 Å². The third-order valence-corrected chi connectivity index (χ3v) is 9.22. The molecule has 0 saturated heterocycles. The Labute approximate surface area is 276 Å². The predicted molar refractivity (Wildman–Crippen MR) is 196 cm³/mol. The summed E-state index contributed by atoms with van der Waals surface area (Å²) in [6.07, 6.45) is 7.90. The largest absolute Gasteiger partial charge is 0.353 e. The molecule has 0 aliphatic carbocycles. The second-order valence-electron chi connectivity index (χ2n) is 11.3. The second kappa shape index (κ2) is 11.8. The van der Waals surface area contributed by atoms with Gasteiger partial charge in [0.2, 0.25) is 0 Å². The maximum Gasteiger partial charge on any atom is 0.353 e. The Balaban J connectivity index is 1.44. The highest BCUT2D eigenvalue weighted by molar-refractivity contribution is 14.1. The van der Waals surface area contributed by atoms with Gasteiger partial charge in [-0.15, -0.1) is 2.78 Å². The molecule has 45 heavy (non-hydrogen) atoms. The van der Waals surface area contributed by atoms with E-state index in [0.29, 0.717) is 0 Å². The average molecular weight is 688 g/mol. The highest BCUT2D eigenvalue weighted by atomic mass is 127. The number of halogens is 1. The lowest BCUT2D eigenvalue weighted by molar-refractivity contribution is -0.440. The topological polar surface area (TPSA) is 16.8 Å². The van der Waals surface area contributed by atoms with Gasteiger partial charge in [-0.2, -0.15) is 0 Å². The standard InChI is InChI=1S/C42H28IN2/c43-45-24-20-31(21-25-45)33-11-7-13-36(27-33)42-38-15-5-4-14-37(38)41(35-12-6-10-32(26-35)30-18-22-44-23-19-30)39-17-16-34(28-40(39)42)29-8-2-1-3-9-29/h1-28H/q+1. The number of aromatic nitrogens is 2. The van der Waals surface area contributed by atoms with Gasteiger partial charge in [-0.25, -0.2) is 0 Å². The smallest absolute Gasteiger partial charge is 0.265 e. The number of fused-ring (bicyclic) bond motifs is 2. The van der Waals surface area contributed by atoms with Gasteiger partial charge in [-0.1, -0.05) is 103 Å². The molecule has 0 unspecified atom stereocenters. The van der Waals surface area contributed by atoms with Crippen LogP contribution in [0.25, 0.3) is 77.2 Å². The molecule has 0 spiro atoms. The Morgan fingerprint density at radius 1 is 0.356 bits per heavy atom. The first-order valence-electron chi connectivity index (χ1n) is 15.1. The molecule has 2 heterocycles. The van der Waals surface area contributed by atoms with Crippen LogP contribution in [0.5, 0.6) is 0 Å². The van der Waals surface area contributed by atoms with Gasteiger partial charge >= 0.3 is 22.9 Å². The Morgan fingerprint density at radius 3 is 1.47 bits per heavy atom. The highest BCUT2D eigenvalue weighted by Gasteiger charge is 2.18. The Morgan fingerprint density at radius 2 is 0.822 bits per heavy atom. The van der Waals surface area contributed by atoms with Gasteiger partial charge in [0.15, 0.2) is 12.4 Å². The summed E-state index contributed by atoms with van der Waals surface area (Å²) in [4.78, 5) is 4.23. The molecule has 8 aromatic rings. The van der Waals surface area contributed by atoms with Crippen molar-refractivity contribution >= 4 is 44.4 Å². The zero-order valence-electron chi connectivity index (χ0n) is 24.4. The quantitative estimate of drug-likeness (QED) is 0.130. The van der Waals surface area contributed by atoms with E-state index in [2.05, 4.69) is 186 Å². The second-order valence-corrected chi connectivity index (χ2v) is 12.4. The molecule has 0 N–H and O–H groups in total. The molecule has 0 atom stereocenters. The number of pyridine rings is 2. The number of benzene rings is 6. The maximum atomic E-state index is 4.23. The zero-order valence-corrected chi connectivity index (χ0v) is 26.6. The fourth-order valence-electron chi connectivity index (χ4n) is 6.46. The van der Waals surface area contributed by atoms with Crippen LogP contribution >= 0.6 is 22.9 Å². The summed E-state index contributed by atoms with van der Waals surface area (Å²) >= 11 is 2.29. The molecule has 2 aromatic heterocycles. The van der Waals surface area contributed by atoms with Crippen LogP contribution < -0.4 is 2.78 Å². The van der Waals surface area contributed by atoms with Crippen molar-refractivity contribution in [3.05, 3.63) is 170 Å². The van der Waals surface area contributed by atoms with E-state index < -0.39 is 0 Å². The van der Waals surface area contributed by atoms with E-state index in [0.717, 1.165) is 5.56 Å². The van der Waals surface area contributed by atoms with Crippen molar-refractivity contribution in [2.24, 2.45) is 0 Å². The van der Waals surface area contributed by atoms with Crippen LogP contribution in [0, 0.1) is 0 Å². The van der Waals surface area contributed by atoms with Gasteiger partial charge in [0.05, 0.1) is 0 Å². The summed E-state index contributed by atoms with van der Waals surface area (Å²) < 4.78 is 2.04. The van der Waals surface area contributed by atoms with Crippen LogP contribution in [0.2, 0.25) is 0 Å². The van der Waals surface area contributed by atoms with Gasteiger partial charge in [0, 0.05) is 24.5 Å². The molecule has 0 aliphatic heterocycles. The molecule has 212 valence electrons. The summed E-state index contributed by atoms with van der Waals surface area (Å²) in [6.45, 7) is 0. The molecule has 3 heteroatoms. The summed E-state index contributed by atoms with van der Waals surface area (Å²) in [5.41, 5.74) is 12.1. The van der Waals surface area contributed by atoms with Crippen molar-refractivity contribution in [1.29, 1.82) is 0 Å². The summed E-state index contributed by atoms with van der Waals surface area (Å²) in [5, 5.41) is 4.98. The van der Waals surface area contributed by atoms with Crippen LogP contribution in [-0.4, -0.2) is 4.98 Å². The molecule has 0 bridgehead atoms. The Bertz CT molecular complexity index is 2310. The molecular formula is C42H28IN2+. The number of hydrogen-bond donors (Lipinski definition) is 0. The molecule has 0 amide bonds. The normalized spacial score (nSPS) is 11.2. The third-order valence-electron chi connectivity index (χ3n) is 8.57. The third kappa shape index (κ3) is 5.19. The fourth-order valence-corrected chi connectivity index (χ4v) is 6.79. The molecule has 0 fully saturated rings. The molecule has 2 nitrogen and oxygen atoms in total. The van der Waals surface area contributed by atoms with Crippen molar-refractivity contribution in [3.63, 3.8) is 0 Å². The van der Waals surface area contributed by atoms with E-state index in [4.69, 9.17) is 0 Å². The van der Waals surface area contributed by atoms with Crippen LogP contribution in [-0.2, 0) is 0 Å². The van der Waals surface area contributed by atoms with E-state index in [-0.39, 0.29) is 0 Å². The molecule has 0 saturated carbocycles. The lowest BCUT2D eigenvalue weighted by Crippen LogP contribution is -2.15. The number of hydrogen-bond acceptors (Lipinski definition) is 1. The van der Waals surface area contributed by atoms with Crippen molar-refractivity contribution in [2.45, 2.75) is 0 Å². The zero-order chi connectivity index (χ0) is 30.2. The minimum atomic E-state index is 1.16. The first kappa shape index (κ1) is 27.4. The lowest BCUT2D eigenvalue weighted by atomic mass is 9.84. The van der Waals surface area contributed by atoms with E-state index >= 15 is 0 Å². The number of rotatable bonds is 5. The maximum absolute atomic E-state index is 4.23. The molecule has 6 aromatic carbocycles. The lowest BCUT2D eigenvalue weighted by Gasteiger charge is -2.19. The van der Waals surface area contributed by atoms with Crippen LogP contribution in [0.15, 0.2) is 170 Å². The van der Waals surface area contributed by atoms with Crippen LogP contribution in [0.1, 0.15) is 0 Å². The molecule has 0 radical (unpaired) electrons.